The topological polar surface area (TPSA) is 29.1 Å². The minimum absolute atomic E-state index is 0.280. The van der Waals surface area contributed by atoms with Crippen molar-refractivity contribution in [3.63, 3.8) is 0 Å². The highest BCUT2D eigenvalue weighted by Gasteiger charge is 2.31. The summed E-state index contributed by atoms with van der Waals surface area (Å²) < 4.78 is 12.6. The van der Waals surface area contributed by atoms with E-state index in [1.807, 2.05) is 13.1 Å². The SMILES string of the molecule is CNC1CCCC1S(=O)c1ccc(C)c(C)c1. The average Bonchev–Trinajstić information content (AvgIpc) is 2.80. The number of hydrogen-bond donors (Lipinski definition) is 1. The fourth-order valence-corrected chi connectivity index (χ4v) is 4.32. The van der Waals surface area contributed by atoms with Crippen LogP contribution in [0.25, 0.3) is 0 Å². The number of rotatable bonds is 3. The second-order valence-electron chi connectivity index (χ2n) is 4.91. The van der Waals surface area contributed by atoms with Crippen LogP contribution in [0, 0.1) is 13.8 Å². The van der Waals surface area contributed by atoms with Gasteiger partial charge in [0.1, 0.15) is 0 Å². The molecule has 1 fully saturated rings. The van der Waals surface area contributed by atoms with E-state index in [0.717, 1.165) is 17.7 Å². The quantitative estimate of drug-likeness (QED) is 0.894. The smallest absolute Gasteiger partial charge is 0.0576 e. The molecule has 0 saturated heterocycles. The minimum atomic E-state index is -0.870. The van der Waals surface area contributed by atoms with Crippen LogP contribution in [0.1, 0.15) is 30.4 Å². The zero-order valence-electron chi connectivity index (χ0n) is 10.8. The third-order valence-electron chi connectivity index (χ3n) is 3.81. The molecule has 94 valence electrons. The van der Waals surface area contributed by atoms with Gasteiger partial charge in [0.05, 0.1) is 16.0 Å². The number of hydrogen-bond acceptors (Lipinski definition) is 2. The van der Waals surface area contributed by atoms with Crippen molar-refractivity contribution >= 4 is 10.8 Å². The van der Waals surface area contributed by atoms with Gasteiger partial charge in [-0.1, -0.05) is 12.5 Å². The Kier molecular flexibility index (Phi) is 4.00. The predicted octanol–water partition coefficient (Wildman–Crippen LogP) is 2.55. The van der Waals surface area contributed by atoms with Crippen LogP contribution in [-0.4, -0.2) is 22.5 Å². The Balaban J connectivity index is 2.21. The lowest BCUT2D eigenvalue weighted by Gasteiger charge is -2.18. The minimum Gasteiger partial charge on any atom is -0.316 e. The molecule has 1 N–H and O–H groups in total. The molecule has 17 heavy (non-hydrogen) atoms. The Labute approximate surface area is 106 Å². The van der Waals surface area contributed by atoms with Crippen molar-refractivity contribution in [2.75, 3.05) is 7.05 Å². The maximum atomic E-state index is 12.6. The molecule has 1 aliphatic rings. The van der Waals surface area contributed by atoms with E-state index in [9.17, 15) is 4.21 Å². The molecule has 0 heterocycles. The summed E-state index contributed by atoms with van der Waals surface area (Å²) in [5, 5.41) is 3.58. The van der Waals surface area contributed by atoms with Crippen LogP contribution < -0.4 is 5.32 Å². The molecule has 2 rings (SSSR count). The molecule has 2 nitrogen and oxygen atoms in total. The third-order valence-corrected chi connectivity index (χ3v) is 5.64. The van der Waals surface area contributed by atoms with Gasteiger partial charge in [-0.3, -0.25) is 4.21 Å². The molecule has 1 saturated carbocycles. The highest BCUT2D eigenvalue weighted by atomic mass is 32.2. The van der Waals surface area contributed by atoms with Crippen molar-refractivity contribution in [3.8, 4) is 0 Å². The van der Waals surface area contributed by atoms with Gasteiger partial charge in [0.15, 0.2) is 0 Å². The number of nitrogens with one attached hydrogen (secondary N) is 1. The first kappa shape index (κ1) is 12.8. The number of aryl methyl sites for hydroxylation is 2. The van der Waals surface area contributed by atoms with Crippen molar-refractivity contribution in [1.82, 2.24) is 5.32 Å². The normalized spacial score (nSPS) is 26.1. The van der Waals surface area contributed by atoms with Crippen LogP contribution in [0.2, 0.25) is 0 Å². The molecule has 3 heteroatoms. The van der Waals surface area contributed by atoms with Crippen LogP contribution >= 0.6 is 0 Å². The second-order valence-corrected chi connectivity index (χ2v) is 6.58. The van der Waals surface area contributed by atoms with Gasteiger partial charge >= 0.3 is 0 Å². The van der Waals surface area contributed by atoms with Gasteiger partial charge in [0.2, 0.25) is 0 Å². The van der Waals surface area contributed by atoms with Gasteiger partial charge in [-0.25, -0.2) is 0 Å². The van der Waals surface area contributed by atoms with E-state index in [-0.39, 0.29) is 5.25 Å². The molecular formula is C14H21NOS. The molecule has 3 atom stereocenters. The Morgan fingerprint density at radius 3 is 2.65 bits per heavy atom. The van der Waals surface area contributed by atoms with Gasteiger partial charge in [-0.15, -0.1) is 0 Å². The second kappa shape index (κ2) is 5.32. The van der Waals surface area contributed by atoms with Gasteiger partial charge in [-0.2, -0.15) is 0 Å². The van der Waals surface area contributed by atoms with E-state index in [4.69, 9.17) is 0 Å². The molecule has 1 aliphatic carbocycles. The Bertz CT molecular complexity index is 430. The molecular weight excluding hydrogens is 230 g/mol. The van der Waals surface area contributed by atoms with Crippen LogP contribution in [0.4, 0.5) is 0 Å². The molecule has 1 aromatic rings. The lowest BCUT2D eigenvalue weighted by molar-refractivity contribution is 0.576. The fourth-order valence-electron chi connectivity index (χ4n) is 2.53. The first-order valence-electron chi connectivity index (χ1n) is 6.28. The third kappa shape index (κ3) is 2.61. The predicted molar refractivity (Wildman–Crippen MR) is 72.8 cm³/mol. The Hall–Kier alpha value is -0.670. The van der Waals surface area contributed by atoms with Crippen LogP contribution in [0.15, 0.2) is 23.1 Å². The Morgan fingerprint density at radius 1 is 1.24 bits per heavy atom. The highest BCUT2D eigenvalue weighted by molar-refractivity contribution is 7.85. The van der Waals surface area contributed by atoms with Crippen molar-refractivity contribution in [3.05, 3.63) is 29.3 Å². The van der Waals surface area contributed by atoms with Crippen LogP contribution in [0.5, 0.6) is 0 Å². The molecule has 0 spiro atoms. The monoisotopic (exact) mass is 251 g/mol. The summed E-state index contributed by atoms with van der Waals surface area (Å²) in [5.74, 6) is 0. The van der Waals surface area contributed by atoms with Gasteiger partial charge in [0.25, 0.3) is 0 Å². The van der Waals surface area contributed by atoms with Gasteiger partial charge < -0.3 is 5.32 Å². The summed E-state index contributed by atoms with van der Waals surface area (Å²) in [5.41, 5.74) is 2.50. The Morgan fingerprint density at radius 2 is 2.00 bits per heavy atom. The standard InChI is InChI=1S/C14H21NOS/c1-10-7-8-12(9-11(10)2)17(16)14-6-4-5-13(14)15-3/h7-9,13-15H,4-6H2,1-3H3. The van der Waals surface area contributed by atoms with E-state index < -0.39 is 10.8 Å². The zero-order valence-corrected chi connectivity index (χ0v) is 11.6. The summed E-state index contributed by atoms with van der Waals surface area (Å²) in [4.78, 5) is 0.986. The maximum absolute atomic E-state index is 12.6. The highest BCUT2D eigenvalue weighted by Crippen LogP contribution is 2.27. The van der Waals surface area contributed by atoms with Crippen LogP contribution in [-0.2, 0) is 10.8 Å². The van der Waals surface area contributed by atoms with E-state index in [1.54, 1.807) is 0 Å². The van der Waals surface area contributed by atoms with Crippen molar-refractivity contribution in [2.45, 2.75) is 49.3 Å². The first-order valence-corrected chi connectivity index (χ1v) is 7.50. The fraction of sp³-hybridized carbons (Fsp3) is 0.571. The summed E-state index contributed by atoms with van der Waals surface area (Å²) in [6.07, 6.45) is 3.41. The van der Waals surface area contributed by atoms with Crippen molar-refractivity contribution in [2.24, 2.45) is 0 Å². The van der Waals surface area contributed by atoms with E-state index in [1.165, 1.54) is 17.5 Å². The lowest BCUT2D eigenvalue weighted by Crippen LogP contribution is -2.35. The van der Waals surface area contributed by atoms with Crippen LogP contribution in [0.3, 0.4) is 0 Å². The molecule has 1 aromatic carbocycles. The zero-order chi connectivity index (χ0) is 12.4. The summed E-state index contributed by atoms with van der Waals surface area (Å²) in [7, 11) is 1.10. The lowest BCUT2D eigenvalue weighted by atomic mass is 10.1. The van der Waals surface area contributed by atoms with Crippen molar-refractivity contribution in [1.29, 1.82) is 0 Å². The number of benzene rings is 1. The van der Waals surface area contributed by atoms with E-state index in [2.05, 4.69) is 31.3 Å². The maximum Gasteiger partial charge on any atom is 0.0576 e. The van der Waals surface area contributed by atoms with E-state index in [0.29, 0.717) is 6.04 Å². The van der Waals surface area contributed by atoms with Crippen molar-refractivity contribution < 1.29 is 4.21 Å². The largest absolute Gasteiger partial charge is 0.316 e. The summed E-state index contributed by atoms with van der Waals surface area (Å²) in [6.45, 7) is 4.17. The molecule has 0 radical (unpaired) electrons. The average molecular weight is 251 g/mol. The first-order chi connectivity index (χ1) is 8.13. The summed E-state index contributed by atoms with van der Waals surface area (Å²) in [6, 6.07) is 6.59. The summed E-state index contributed by atoms with van der Waals surface area (Å²) >= 11 is 0. The molecule has 0 bridgehead atoms. The molecule has 0 aliphatic heterocycles. The van der Waals surface area contributed by atoms with Gasteiger partial charge in [-0.05, 0) is 57.0 Å². The molecule has 3 unspecified atom stereocenters. The molecule has 0 amide bonds. The molecule has 0 aromatic heterocycles. The van der Waals surface area contributed by atoms with Gasteiger partial charge in [0, 0.05) is 10.9 Å². The van der Waals surface area contributed by atoms with E-state index >= 15 is 0 Å².